The van der Waals surface area contributed by atoms with Crippen LogP contribution in [-0.2, 0) is 26.2 Å². The maximum Gasteiger partial charge on any atom is 0.264 e. The highest BCUT2D eigenvalue weighted by Crippen LogP contribution is 2.31. The molecule has 0 aliphatic rings. The van der Waals surface area contributed by atoms with Crippen molar-refractivity contribution in [2.75, 3.05) is 24.5 Å². The van der Waals surface area contributed by atoms with Gasteiger partial charge in [-0.2, -0.15) is 0 Å². The van der Waals surface area contributed by atoms with Gasteiger partial charge in [-0.1, -0.05) is 36.8 Å². The lowest BCUT2D eigenvalue weighted by atomic mass is 10.1. The number of methoxy groups -OCH3 is 1. The molecule has 0 fully saturated rings. The first-order valence-corrected chi connectivity index (χ1v) is 15.0. The fourth-order valence-corrected chi connectivity index (χ4v) is 6.07. The quantitative estimate of drug-likeness (QED) is 0.301. The summed E-state index contributed by atoms with van der Waals surface area (Å²) in [7, 11) is -2.76. The third-order valence-corrected chi connectivity index (χ3v) is 8.68. The molecule has 0 aliphatic heterocycles. The molecule has 1 N–H and O–H groups in total. The van der Waals surface area contributed by atoms with Gasteiger partial charge in [-0.25, -0.2) is 12.8 Å². The molecule has 214 valence electrons. The van der Waals surface area contributed by atoms with Crippen LogP contribution in [0, 0.1) is 12.7 Å². The van der Waals surface area contributed by atoms with Crippen LogP contribution in [0.2, 0.25) is 0 Å². The number of ether oxygens (including phenoxy) is 1. The molecule has 2 amide bonds. The number of sulfonamides is 1. The van der Waals surface area contributed by atoms with E-state index in [9.17, 15) is 22.4 Å². The van der Waals surface area contributed by atoms with Crippen LogP contribution in [0.25, 0.3) is 0 Å². The molecule has 1 unspecified atom stereocenters. The molecule has 0 radical (unpaired) electrons. The summed E-state index contributed by atoms with van der Waals surface area (Å²) in [4.78, 5) is 28.0. The number of hydrogen-bond donors (Lipinski definition) is 1. The first kappa shape index (κ1) is 31.1. The topological polar surface area (TPSA) is 96.0 Å². The Labute approximate surface area is 243 Å². The van der Waals surface area contributed by atoms with E-state index in [0.29, 0.717) is 28.8 Å². The Morgan fingerprint density at radius 2 is 1.70 bits per heavy atom. The van der Waals surface area contributed by atoms with Gasteiger partial charge < -0.3 is 15.0 Å². The number of nitrogens with one attached hydrogen (secondary N) is 1. The number of nitrogens with zero attached hydrogens (tertiary/aromatic N) is 2. The third kappa shape index (κ3) is 7.60. The fourth-order valence-electron chi connectivity index (χ4n) is 3.94. The van der Waals surface area contributed by atoms with Gasteiger partial charge >= 0.3 is 0 Å². The van der Waals surface area contributed by atoms with E-state index in [1.165, 1.54) is 54.5 Å². The Morgan fingerprint density at radius 3 is 2.27 bits per heavy atom. The SMILES string of the molecule is CCCNC(=O)C(C)N(Cc1ccc(F)cc1)C(=O)CN(c1ccc(C)cc1)S(=O)(=O)c1ccc(OC)c(Br)c1. The van der Waals surface area contributed by atoms with E-state index in [-0.39, 0.29) is 23.0 Å². The van der Waals surface area contributed by atoms with Crippen LogP contribution >= 0.6 is 15.9 Å². The summed E-state index contributed by atoms with van der Waals surface area (Å²) >= 11 is 3.33. The number of carbonyl (C=O) groups is 2. The summed E-state index contributed by atoms with van der Waals surface area (Å²) < 4.78 is 48.1. The molecule has 8 nitrogen and oxygen atoms in total. The third-order valence-electron chi connectivity index (χ3n) is 6.29. The van der Waals surface area contributed by atoms with Crippen LogP contribution in [0.1, 0.15) is 31.4 Å². The molecule has 0 bridgehead atoms. The molecule has 11 heteroatoms. The maximum absolute atomic E-state index is 13.9. The smallest absolute Gasteiger partial charge is 0.264 e. The Hall–Kier alpha value is -3.44. The van der Waals surface area contributed by atoms with Crippen LogP contribution in [0.3, 0.4) is 0 Å². The van der Waals surface area contributed by atoms with Crippen molar-refractivity contribution in [3.63, 3.8) is 0 Å². The number of halogens is 2. The van der Waals surface area contributed by atoms with Crippen LogP contribution in [-0.4, -0.2) is 51.4 Å². The molecule has 1 atom stereocenters. The van der Waals surface area contributed by atoms with E-state index < -0.39 is 34.3 Å². The molecule has 0 aromatic heterocycles. The van der Waals surface area contributed by atoms with E-state index >= 15 is 0 Å². The average Bonchev–Trinajstić information content (AvgIpc) is 2.94. The van der Waals surface area contributed by atoms with Crippen molar-refractivity contribution in [1.82, 2.24) is 10.2 Å². The molecule has 3 rings (SSSR count). The van der Waals surface area contributed by atoms with Crippen molar-refractivity contribution >= 4 is 43.5 Å². The van der Waals surface area contributed by atoms with Crippen LogP contribution in [0.15, 0.2) is 76.1 Å². The summed E-state index contributed by atoms with van der Waals surface area (Å²) in [5, 5.41) is 2.78. The Kier molecular flexibility index (Phi) is 10.7. The zero-order valence-electron chi connectivity index (χ0n) is 22.9. The van der Waals surface area contributed by atoms with Gasteiger partial charge in [-0.15, -0.1) is 0 Å². The minimum Gasteiger partial charge on any atom is -0.496 e. The predicted molar refractivity (Wildman–Crippen MR) is 156 cm³/mol. The highest BCUT2D eigenvalue weighted by Gasteiger charge is 2.32. The van der Waals surface area contributed by atoms with Gasteiger partial charge in [-0.3, -0.25) is 13.9 Å². The van der Waals surface area contributed by atoms with Crippen molar-refractivity contribution in [3.8, 4) is 5.75 Å². The van der Waals surface area contributed by atoms with Gasteiger partial charge in [0.05, 0.1) is 22.2 Å². The number of carbonyl (C=O) groups excluding carboxylic acids is 2. The second-order valence-electron chi connectivity index (χ2n) is 9.26. The van der Waals surface area contributed by atoms with Gasteiger partial charge in [0.15, 0.2) is 0 Å². The lowest BCUT2D eigenvalue weighted by Gasteiger charge is -2.32. The first-order valence-electron chi connectivity index (χ1n) is 12.7. The van der Waals surface area contributed by atoms with Gasteiger partial charge in [0.25, 0.3) is 10.0 Å². The number of amides is 2. The van der Waals surface area contributed by atoms with E-state index in [0.717, 1.165) is 9.87 Å². The minimum atomic E-state index is -4.23. The van der Waals surface area contributed by atoms with Gasteiger partial charge in [-0.05, 0) is 84.2 Å². The van der Waals surface area contributed by atoms with Crippen LogP contribution in [0.5, 0.6) is 5.75 Å². The second kappa shape index (κ2) is 13.8. The zero-order chi connectivity index (χ0) is 29.4. The van der Waals surface area contributed by atoms with Crippen molar-refractivity contribution in [3.05, 3.63) is 88.1 Å². The number of rotatable bonds is 12. The molecular weight excluding hydrogens is 601 g/mol. The zero-order valence-corrected chi connectivity index (χ0v) is 25.3. The molecule has 0 spiro atoms. The molecule has 0 saturated heterocycles. The summed E-state index contributed by atoms with van der Waals surface area (Å²) in [5.41, 5.74) is 1.79. The van der Waals surface area contributed by atoms with E-state index in [1.807, 2.05) is 13.8 Å². The molecule has 0 heterocycles. The van der Waals surface area contributed by atoms with Gasteiger partial charge in [0.1, 0.15) is 24.2 Å². The van der Waals surface area contributed by atoms with E-state index in [2.05, 4.69) is 21.2 Å². The molecule has 3 aromatic rings. The fraction of sp³-hybridized carbons (Fsp3) is 0.310. The second-order valence-corrected chi connectivity index (χ2v) is 12.0. The van der Waals surface area contributed by atoms with Gasteiger partial charge in [0.2, 0.25) is 11.8 Å². The van der Waals surface area contributed by atoms with Crippen molar-refractivity contribution < 1.29 is 27.1 Å². The summed E-state index contributed by atoms with van der Waals surface area (Å²) in [6.45, 7) is 5.20. The first-order chi connectivity index (χ1) is 19.0. The molecule has 3 aromatic carbocycles. The molecule has 0 saturated carbocycles. The highest BCUT2D eigenvalue weighted by atomic mass is 79.9. The number of benzene rings is 3. The number of anilines is 1. The average molecular weight is 635 g/mol. The van der Waals surface area contributed by atoms with Crippen molar-refractivity contribution in [1.29, 1.82) is 0 Å². The summed E-state index contributed by atoms with van der Waals surface area (Å²) in [6.07, 6.45) is 0.710. The van der Waals surface area contributed by atoms with Crippen LogP contribution < -0.4 is 14.4 Å². The number of aryl methyl sites for hydroxylation is 1. The Balaban J connectivity index is 2.03. The normalized spacial score (nSPS) is 11.9. The van der Waals surface area contributed by atoms with E-state index in [1.54, 1.807) is 31.2 Å². The van der Waals surface area contributed by atoms with Gasteiger partial charge in [0, 0.05) is 13.1 Å². The maximum atomic E-state index is 13.9. The predicted octanol–water partition coefficient (Wildman–Crippen LogP) is 5.04. The molecule has 40 heavy (non-hydrogen) atoms. The summed E-state index contributed by atoms with van der Waals surface area (Å²) in [6, 6.07) is 15.8. The number of hydrogen-bond acceptors (Lipinski definition) is 5. The minimum absolute atomic E-state index is 0.0182. The molecular formula is C29H33BrFN3O5S. The lowest BCUT2D eigenvalue weighted by Crippen LogP contribution is -2.51. The summed E-state index contributed by atoms with van der Waals surface area (Å²) in [5.74, 6) is -0.951. The highest BCUT2D eigenvalue weighted by molar-refractivity contribution is 9.10. The van der Waals surface area contributed by atoms with Crippen LogP contribution in [0.4, 0.5) is 10.1 Å². The monoisotopic (exact) mass is 633 g/mol. The lowest BCUT2D eigenvalue weighted by molar-refractivity contribution is -0.139. The Morgan fingerprint density at radius 1 is 1.05 bits per heavy atom. The largest absolute Gasteiger partial charge is 0.496 e. The standard InChI is InChI=1S/C29H33BrFN3O5S/c1-5-16-32-29(36)21(3)33(18-22-8-10-23(31)11-9-22)28(35)19-34(24-12-6-20(2)7-13-24)40(37,38)25-14-15-27(39-4)26(30)17-25/h6-15,17,21H,5,16,18-19H2,1-4H3,(H,32,36). The van der Waals surface area contributed by atoms with Crippen molar-refractivity contribution in [2.24, 2.45) is 0 Å². The Bertz CT molecular complexity index is 1430. The molecule has 0 aliphatic carbocycles. The van der Waals surface area contributed by atoms with E-state index in [4.69, 9.17) is 4.74 Å². The van der Waals surface area contributed by atoms with Crippen molar-refractivity contribution in [2.45, 2.75) is 44.7 Å².